The van der Waals surface area contributed by atoms with E-state index in [1.165, 1.54) is 38.6 Å². The molecule has 0 saturated heterocycles. The van der Waals surface area contributed by atoms with Gasteiger partial charge in [-0.2, -0.15) is 0 Å². The standard InChI is InChI=1S/C50H40NOP/c1-50(2)45-22-14-13-21-43(45)48-44(30-36-19-11-12-20-42(36)49(48)50)40-28-37(33-23-25-41(26-24-33)53(3,4)52)27-38(29-40)39-31-46(34-15-7-5-8-16-34)51-47(32-39)35-17-9-6-10-18-35/h5-32H,1-4H3. The number of hydrogen-bond acceptors (Lipinski definition) is 2. The summed E-state index contributed by atoms with van der Waals surface area (Å²) in [6.07, 6.45) is 0. The fourth-order valence-electron chi connectivity index (χ4n) is 8.23. The van der Waals surface area contributed by atoms with Crippen molar-refractivity contribution >= 4 is 23.2 Å². The topological polar surface area (TPSA) is 30.0 Å². The molecular weight excluding hydrogens is 662 g/mol. The molecule has 0 atom stereocenters. The molecule has 256 valence electrons. The maximum absolute atomic E-state index is 13.0. The van der Waals surface area contributed by atoms with Crippen LogP contribution in [-0.2, 0) is 9.98 Å². The van der Waals surface area contributed by atoms with Crippen LogP contribution in [0.25, 0.3) is 77.8 Å². The van der Waals surface area contributed by atoms with E-state index in [1.807, 2.05) is 37.6 Å². The zero-order valence-electron chi connectivity index (χ0n) is 30.5. The molecule has 8 aromatic rings. The van der Waals surface area contributed by atoms with Gasteiger partial charge in [0.25, 0.3) is 0 Å². The molecule has 0 radical (unpaired) electrons. The summed E-state index contributed by atoms with van der Waals surface area (Å²) in [5.74, 6) is 0. The molecule has 0 bridgehead atoms. The second-order valence-corrected chi connectivity index (χ2v) is 18.3. The van der Waals surface area contributed by atoms with Gasteiger partial charge < -0.3 is 4.57 Å². The summed E-state index contributed by atoms with van der Waals surface area (Å²) < 4.78 is 13.0. The summed E-state index contributed by atoms with van der Waals surface area (Å²) in [4.78, 5) is 5.19. The maximum Gasteiger partial charge on any atom is 0.109 e. The van der Waals surface area contributed by atoms with Crippen molar-refractivity contribution in [1.29, 1.82) is 0 Å². The lowest BCUT2D eigenvalue weighted by atomic mass is 9.79. The predicted molar refractivity (Wildman–Crippen MR) is 226 cm³/mol. The van der Waals surface area contributed by atoms with E-state index < -0.39 is 7.14 Å². The Bertz CT molecular complexity index is 2670. The lowest BCUT2D eigenvalue weighted by Gasteiger charge is -2.24. The van der Waals surface area contributed by atoms with E-state index in [2.05, 4.69) is 159 Å². The number of rotatable bonds is 6. The summed E-state index contributed by atoms with van der Waals surface area (Å²) in [5, 5.41) is 3.43. The average Bonchev–Trinajstić information content (AvgIpc) is 3.44. The highest BCUT2D eigenvalue weighted by atomic mass is 31.2. The van der Waals surface area contributed by atoms with E-state index in [9.17, 15) is 4.57 Å². The Labute approximate surface area is 312 Å². The summed E-state index contributed by atoms with van der Waals surface area (Å²) in [7, 11) is -2.40. The molecule has 2 nitrogen and oxygen atoms in total. The third kappa shape index (κ3) is 5.85. The fraction of sp³-hybridized carbons (Fsp3) is 0.100. The van der Waals surface area contributed by atoms with Crippen molar-refractivity contribution in [3.8, 4) is 67.0 Å². The van der Waals surface area contributed by atoms with Gasteiger partial charge >= 0.3 is 0 Å². The molecule has 0 fully saturated rings. The van der Waals surface area contributed by atoms with Gasteiger partial charge in [0.05, 0.1) is 11.4 Å². The molecule has 0 saturated carbocycles. The monoisotopic (exact) mass is 701 g/mol. The van der Waals surface area contributed by atoms with Crippen LogP contribution in [0, 0.1) is 0 Å². The highest BCUT2D eigenvalue weighted by molar-refractivity contribution is 7.70. The summed E-state index contributed by atoms with van der Waals surface area (Å²) >= 11 is 0. The Kier molecular flexibility index (Phi) is 7.91. The first-order valence-electron chi connectivity index (χ1n) is 18.3. The van der Waals surface area contributed by atoms with Gasteiger partial charge in [0.1, 0.15) is 7.14 Å². The van der Waals surface area contributed by atoms with Crippen molar-refractivity contribution < 1.29 is 4.57 Å². The first-order valence-corrected chi connectivity index (χ1v) is 20.9. The van der Waals surface area contributed by atoms with Gasteiger partial charge in [0, 0.05) is 21.8 Å². The van der Waals surface area contributed by atoms with Gasteiger partial charge in [0.15, 0.2) is 0 Å². The average molecular weight is 702 g/mol. The lowest BCUT2D eigenvalue weighted by Crippen LogP contribution is -2.15. The second kappa shape index (κ2) is 12.7. The van der Waals surface area contributed by atoms with Gasteiger partial charge in [0.2, 0.25) is 0 Å². The molecule has 0 aliphatic heterocycles. The number of fused-ring (bicyclic) bond motifs is 5. The highest BCUT2D eigenvalue weighted by Crippen LogP contribution is 2.55. The van der Waals surface area contributed by atoms with Crippen LogP contribution in [0.15, 0.2) is 170 Å². The number of aromatic nitrogens is 1. The normalized spacial score (nSPS) is 13.1. The minimum atomic E-state index is -2.40. The molecule has 3 heteroatoms. The van der Waals surface area contributed by atoms with Gasteiger partial charge in [-0.25, -0.2) is 4.98 Å². The van der Waals surface area contributed by atoms with Crippen molar-refractivity contribution in [3.63, 3.8) is 0 Å². The minimum absolute atomic E-state index is 0.160. The van der Waals surface area contributed by atoms with Crippen LogP contribution in [0.3, 0.4) is 0 Å². The minimum Gasteiger partial charge on any atom is -0.319 e. The molecule has 0 spiro atoms. The van der Waals surface area contributed by atoms with E-state index >= 15 is 0 Å². The Morgan fingerprint density at radius 3 is 1.64 bits per heavy atom. The Morgan fingerprint density at radius 1 is 0.472 bits per heavy atom. The Balaban J connectivity index is 1.34. The molecule has 0 unspecified atom stereocenters. The van der Waals surface area contributed by atoms with Gasteiger partial charge in [-0.3, -0.25) is 0 Å². The highest BCUT2D eigenvalue weighted by Gasteiger charge is 2.38. The van der Waals surface area contributed by atoms with E-state index in [1.54, 1.807) is 0 Å². The smallest absolute Gasteiger partial charge is 0.109 e. The first-order chi connectivity index (χ1) is 25.6. The molecule has 53 heavy (non-hydrogen) atoms. The van der Waals surface area contributed by atoms with E-state index in [0.717, 1.165) is 55.6 Å². The van der Waals surface area contributed by atoms with Crippen LogP contribution in [0.5, 0.6) is 0 Å². The maximum atomic E-state index is 13.0. The van der Waals surface area contributed by atoms with Crippen molar-refractivity contribution in [1.82, 2.24) is 4.98 Å². The van der Waals surface area contributed by atoms with Crippen LogP contribution in [0.4, 0.5) is 0 Å². The van der Waals surface area contributed by atoms with Crippen LogP contribution < -0.4 is 5.30 Å². The molecule has 7 aromatic carbocycles. The SMILES string of the molecule is CC1(C)c2ccccc2-c2c(-c3cc(-c4ccc(P(C)(C)=O)cc4)cc(-c4cc(-c5ccccc5)nc(-c5ccccc5)c4)c3)cc3ccccc3c21. The van der Waals surface area contributed by atoms with Crippen LogP contribution in [0.2, 0.25) is 0 Å². The second-order valence-electron chi connectivity index (χ2n) is 15.1. The van der Waals surface area contributed by atoms with Crippen molar-refractivity contribution in [3.05, 3.63) is 181 Å². The number of pyridine rings is 1. The van der Waals surface area contributed by atoms with Crippen LogP contribution in [0.1, 0.15) is 25.0 Å². The zero-order chi connectivity index (χ0) is 36.3. The quantitative estimate of drug-likeness (QED) is 0.162. The van der Waals surface area contributed by atoms with E-state index in [4.69, 9.17) is 4.98 Å². The first kappa shape index (κ1) is 33.0. The van der Waals surface area contributed by atoms with Gasteiger partial charge in [-0.05, 0) is 116 Å². The largest absolute Gasteiger partial charge is 0.319 e. The third-order valence-corrected chi connectivity index (χ3v) is 12.5. The van der Waals surface area contributed by atoms with Gasteiger partial charge in [-0.1, -0.05) is 147 Å². The molecule has 1 heterocycles. The molecule has 0 N–H and O–H groups in total. The van der Waals surface area contributed by atoms with Crippen molar-refractivity contribution in [2.45, 2.75) is 19.3 Å². The van der Waals surface area contributed by atoms with Crippen LogP contribution >= 0.6 is 7.14 Å². The summed E-state index contributed by atoms with van der Waals surface area (Å²) in [6.45, 7) is 8.40. The number of nitrogens with zero attached hydrogens (tertiary/aromatic N) is 1. The Hall–Kier alpha value is -5.82. The fourth-order valence-corrected chi connectivity index (χ4v) is 9.09. The Morgan fingerprint density at radius 2 is 1.00 bits per heavy atom. The van der Waals surface area contributed by atoms with E-state index in [0.29, 0.717) is 0 Å². The lowest BCUT2D eigenvalue weighted by molar-refractivity contribution is 0.588. The molecule has 0 amide bonds. The zero-order valence-corrected chi connectivity index (χ0v) is 31.4. The summed E-state index contributed by atoms with van der Waals surface area (Å²) in [5.41, 5.74) is 16.0. The molecule has 9 rings (SSSR count). The van der Waals surface area contributed by atoms with E-state index in [-0.39, 0.29) is 5.41 Å². The molecule has 1 aliphatic carbocycles. The summed E-state index contributed by atoms with van der Waals surface area (Å²) in [6, 6.07) is 60.8. The van der Waals surface area contributed by atoms with Crippen molar-refractivity contribution in [2.24, 2.45) is 0 Å². The number of hydrogen-bond donors (Lipinski definition) is 0. The third-order valence-electron chi connectivity index (χ3n) is 10.9. The van der Waals surface area contributed by atoms with Crippen LogP contribution in [-0.4, -0.2) is 18.3 Å². The number of benzene rings is 7. The van der Waals surface area contributed by atoms with Gasteiger partial charge in [-0.15, -0.1) is 0 Å². The van der Waals surface area contributed by atoms with Crippen molar-refractivity contribution in [2.75, 3.05) is 13.3 Å². The molecule has 1 aliphatic rings. The predicted octanol–water partition coefficient (Wildman–Crippen LogP) is 13.1. The molecular formula is C50H40NOP. The molecule has 1 aromatic heterocycles.